The minimum Gasteiger partial charge on any atom is -0.316 e. The smallest absolute Gasteiger partial charge is 0.316 e. The van der Waals surface area contributed by atoms with Gasteiger partial charge in [-0.1, -0.05) is 12.1 Å². The van der Waals surface area contributed by atoms with Crippen LogP contribution in [0.2, 0.25) is 0 Å². The lowest BCUT2D eigenvalue weighted by atomic mass is 9.80. The molecule has 0 bridgehead atoms. The molecule has 1 N–H and O–H groups in total. The molecule has 5 heteroatoms. The van der Waals surface area contributed by atoms with Crippen molar-refractivity contribution in [3.8, 4) is 0 Å². The maximum atomic E-state index is 14.9. The molecule has 0 radical (unpaired) electrons. The van der Waals surface area contributed by atoms with Gasteiger partial charge in [-0.15, -0.1) is 0 Å². The molecule has 1 aromatic rings. The summed E-state index contributed by atoms with van der Waals surface area (Å²) in [6.45, 7) is 2.72. The van der Waals surface area contributed by atoms with E-state index in [1.807, 2.05) is 0 Å². The lowest BCUT2D eigenvalue weighted by Crippen LogP contribution is -2.40. The third-order valence-electron chi connectivity index (χ3n) is 3.82. The fraction of sp³-hybridized carbons (Fsp3) is 0.571. The van der Waals surface area contributed by atoms with Crippen molar-refractivity contribution in [2.45, 2.75) is 31.6 Å². The standard InChI is InChI=1S/C14H17F4N/c1-13(15,12-6-3-7-19-9-12)10-4-2-5-11(8-10)14(16,17)18/h2,4-5,8,12,19H,3,6-7,9H2,1H3. The summed E-state index contributed by atoms with van der Waals surface area (Å²) in [6.07, 6.45) is -2.89. The summed E-state index contributed by atoms with van der Waals surface area (Å²) in [5.74, 6) is -0.287. The Bertz CT molecular complexity index is 433. The number of nitrogens with one attached hydrogen (secondary N) is 1. The van der Waals surface area contributed by atoms with Crippen LogP contribution >= 0.6 is 0 Å². The molecule has 0 amide bonds. The highest BCUT2D eigenvalue weighted by molar-refractivity contribution is 5.30. The van der Waals surface area contributed by atoms with Gasteiger partial charge in [-0.2, -0.15) is 13.2 Å². The third-order valence-corrected chi connectivity index (χ3v) is 3.82. The molecule has 1 heterocycles. The van der Waals surface area contributed by atoms with E-state index >= 15 is 0 Å². The van der Waals surface area contributed by atoms with Gasteiger partial charge in [0.05, 0.1) is 5.56 Å². The lowest BCUT2D eigenvalue weighted by Gasteiger charge is -2.34. The molecule has 1 saturated heterocycles. The molecule has 0 spiro atoms. The average molecular weight is 275 g/mol. The zero-order valence-electron chi connectivity index (χ0n) is 10.7. The SMILES string of the molecule is CC(F)(c1cccc(C(F)(F)F)c1)C1CCCNC1. The van der Waals surface area contributed by atoms with Gasteiger partial charge in [0.25, 0.3) is 0 Å². The van der Waals surface area contributed by atoms with Crippen molar-refractivity contribution >= 4 is 0 Å². The highest BCUT2D eigenvalue weighted by Crippen LogP contribution is 2.39. The summed E-state index contributed by atoms with van der Waals surface area (Å²) in [5.41, 5.74) is -2.43. The van der Waals surface area contributed by atoms with Crippen molar-refractivity contribution in [2.24, 2.45) is 5.92 Å². The minimum absolute atomic E-state index is 0.107. The molecule has 1 aliphatic heterocycles. The number of hydrogen-bond acceptors (Lipinski definition) is 1. The maximum Gasteiger partial charge on any atom is 0.416 e. The highest BCUT2D eigenvalue weighted by Gasteiger charge is 2.38. The molecule has 0 saturated carbocycles. The first-order valence-electron chi connectivity index (χ1n) is 6.39. The third kappa shape index (κ3) is 3.08. The van der Waals surface area contributed by atoms with Crippen LogP contribution in [0.15, 0.2) is 24.3 Å². The Morgan fingerprint density at radius 2 is 1.84 bits per heavy atom. The van der Waals surface area contributed by atoms with Gasteiger partial charge in [0.15, 0.2) is 0 Å². The van der Waals surface area contributed by atoms with Crippen LogP contribution in [-0.2, 0) is 11.8 Å². The average Bonchev–Trinajstić information content (AvgIpc) is 2.39. The predicted octanol–water partition coefficient (Wildman–Crippen LogP) is 3.89. The summed E-state index contributed by atoms with van der Waals surface area (Å²) in [4.78, 5) is 0. The topological polar surface area (TPSA) is 12.0 Å². The van der Waals surface area contributed by atoms with Gasteiger partial charge >= 0.3 is 6.18 Å². The summed E-state index contributed by atoms with van der Waals surface area (Å²) >= 11 is 0. The second kappa shape index (κ2) is 5.12. The van der Waals surface area contributed by atoms with Crippen molar-refractivity contribution in [3.05, 3.63) is 35.4 Å². The van der Waals surface area contributed by atoms with E-state index in [0.717, 1.165) is 25.1 Å². The van der Waals surface area contributed by atoms with Crippen LogP contribution in [0.4, 0.5) is 17.6 Å². The molecular formula is C14H17F4N. The molecule has 106 valence electrons. The van der Waals surface area contributed by atoms with Crippen LogP contribution in [0.25, 0.3) is 0 Å². The maximum absolute atomic E-state index is 14.9. The minimum atomic E-state index is -4.43. The fourth-order valence-corrected chi connectivity index (χ4v) is 2.55. The van der Waals surface area contributed by atoms with Gasteiger partial charge in [-0.05, 0) is 44.0 Å². The van der Waals surface area contributed by atoms with E-state index in [9.17, 15) is 17.6 Å². The number of piperidine rings is 1. The second-order valence-corrected chi connectivity index (χ2v) is 5.20. The lowest BCUT2D eigenvalue weighted by molar-refractivity contribution is -0.137. The summed E-state index contributed by atoms with van der Waals surface area (Å²) in [7, 11) is 0. The van der Waals surface area contributed by atoms with Crippen LogP contribution in [0.1, 0.15) is 30.9 Å². The van der Waals surface area contributed by atoms with Crippen LogP contribution in [0.3, 0.4) is 0 Å². The van der Waals surface area contributed by atoms with Crippen molar-refractivity contribution in [1.29, 1.82) is 0 Å². The number of halogens is 4. The molecule has 1 nitrogen and oxygen atoms in total. The van der Waals surface area contributed by atoms with Gasteiger partial charge in [-0.25, -0.2) is 4.39 Å². The summed E-state index contributed by atoms with van der Waals surface area (Å²) < 4.78 is 52.9. The second-order valence-electron chi connectivity index (χ2n) is 5.20. The van der Waals surface area contributed by atoms with E-state index < -0.39 is 17.4 Å². The first-order chi connectivity index (χ1) is 8.82. The first-order valence-corrected chi connectivity index (χ1v) is 6.39. The summed E-state index contributed by atoms with van der Waals surface area (Å²) in [6, 6.07) is 4.60. The van der Waals surface area contributed by atoms with Crippen LogP contribution in [0, 0.1) is 5.92 Å². The normalized spacial score (nSPS) is 23.9. The molecule has 2 rings (SSSR count). The molecule has 1 aliphatic rings. The zero-order chi connectivity index (χ0) is 14.1. The Labute approximate surface area is 110 Å². The van der Waals surface area contributed by atoms with Gasteiger partial charge < -0.3 is 5.32 Å². The van der Waals surface area contributed by atoms with E-state index in [1.165, 1.54) is 19.1 Å². The first kappa shape index (κ1) is 14.3. The van der Waals surface area contributed by atoms with E-state index in [1.54, 1.807) is 0 Å². The van der Waals surface area contributed by atoms with Gasteiger partial charge in [0, 0.05) is 12.5 Å². The molecule has 1 fully saturated rings. The molecule has 0 aliphatic carbocycles. The molecule has 19 heavy (non-hydrogen) atoms. The van der Waals surface area contributed by atoms with Gasteiger partial charge in [0.2, 0.25) is 0 Å². The monoisotopic (exact) mass is 275 g/mol. The van der Waals surface area contributed by atoms with E-state index in [0.29, 0.717) is 13.0 Å². The van der Waals surface area contributed by atoms with Crippen molar-refractivity contribution < 1.29 is 17.6 Å². The highest BCUT2D eigenvalue weighted by atomic mass is 19.4. The number of hydrogen-bond donors (Lipinski definition) is 1. The Hall–Kier alpha value is -1.10. The van der Waals surface area contributed by atoms with E-state index in [-0.39, 0.29) is 11.5 Å². The zero-order valence-corrected chi connectivity index (χ0v) is 10.7. The summed E-state index contributed by atoms with van der Waals surface area (Å²) in [5, 5.41) is 3.09. The van der Waals surface area contributed by atoms with Gasteiger partial charge in [-0.3, -0.25) is 0 Å². The van der Waals surface area contributed by atoms with Crippen molar-refractivity contribution in [1.82, 2.24) is 5.32 Å². The van der Waals surface area contributed by atoms with E-state index in [4.69, 9.17) is 0 Å². The Kier molecular flexibility index (Phi) is 3.85. The Morgan fingerprint density at radius 1 is 1.16 bits per heavy atom. The van der Waals surface area contributed by atoms with Crippen LogP contribution in [-0.4, -0.2) is 13.1 Å². The molecule has 2 unspecified atom stereocenters. The van der Waals surface area contributed by atoms with E-state index in [2.05, 4.69) is 5.32 Å². The molecule has 1 aromatic carbocycles. The number of benzene rings is 1. The Morgan fingerprint density at radius 3 is 2.42 bits per heavy atom. The van der Waals surface area contributed by atoms with Crippen LogP contribution < -0.4 is 5.32 Å². The predicted molar refractivity (Wildman–Crippen MR) is 65.5 cm³/mol. The molecule has 2 atom stereocenters. The Balaban J connectivity index is 2.29. The fourth-order valence-electron chi connectivity index (χ4n) is 2.55. The molecular weight excluding hydrogens is 258 g/mol. The quantitative estimate of drug-likeness (QED) is 0.807. The van der Waals surface area contributed by atoms with Crippen LogP contribution in [0.5, 0.6) is 0 Å². The number of alkyl halides is 4. The largest absolute Gasteiger partial charge is 0.416 e. The number of rotatable bonds is 2. The molecule has 0 aromatic heterocycles. The van der Waals surface area contributed by atoms with Crippen molar-refractivity contribution in [3.63, 3.8) is 0 Å². The van der Waals surface area contributed by atoms with Crippen molar-refractivity contribution in [2.75, 3.05) is 13.1 Å². The van der Waals surface area contributed by atoms with Gasteiger partial charge in [0.1, 0.15) is 5.67 Å².